The van der Waals surface area contributed by atoms with Crippen molar-refractivity contribution >= 4 is 5.96 Å². The first kappa shape index (κ1) is 19.4. The van der Waals surface area contributed by atoms with E-state index in [1.165, 1.54) is 32.4 Å². The fourth-order valence-corrected chi connectivity index (χ4v) is 2.95. The molecule has 1 aromatic carbocycles. The van der Waals surface area contributed by atoms with Crippen LogP contribution < -0.4 is 20.1 Å². The molecule has 0 aromatic heterocycles. The zero-order valence-electron chi connectivity index (χ0n) is 15.8. The maximum absolute atomic E-state index is 5.95. The van der Waals surface area contributed by atoms with Gasteiger partial charge in [0.15, 0.2) is 17.5 Å². The molecule has 0 spiro atoms. The number of nitrogens with one attached hydrogen (secondary N) is 2. The van der Waals surface area contributed by atoms with Gasteiger partial charge in [0.1, 0.15) is 6.10 Å². The Hall–Kier alpha value is -1.95. The molecule has 2 N–H and O–H groups in total. The lowest BCUT2D eigenvalue weighted by atomic mass is 10.1. The standard InChI is InChI=1S/C19H32N4O2/c1-16(25-18-10-6-5-9-17(18)24-3)15-22-19(20-2)21-11-14-23-12-7-4-8-13-23/h5-6,9-10,16H,4,7-8,11-15H2,1-3H3,(H2,20,21,22). The predicted octanol–water partition coefficient (Wildman–Crippen LogP) is 2.11. The van der Waals surface area contributed by atoms with Crippen molar-refractivity contribution in [2.45, 2.75) is 32.3 Å². The number of ether oxygens (including phenoxy) is 2. The van der Waals surface area contributed by atoms with E-state index in [4.69, 9.17) is 9.47 Å². The SMILES string of the molecule is CN=C(NCCN1CCCCC1)NCC(C)Oc1ccccc1OC. The number of piperidine rings is 1. The monoisotopic (exact) mass is 348 g/mol. The molecule has 1 saturated heterocycles. The molecule has 1 aromatic rings. The van der Waals surface area contributed by atoms with E-state index in [1.54, 1.807) is 14.2 Å². The summed E-state index contributed by atoms with van der Waals surface area (Å²) in [6, 6.07) is 7.69. The van der Waals surface area contributed by atoms with Crippen LogP contribution in [0.1, 0.15) is 26.2 Å². The van der Waals surface area contributed by atoms with E-state index in [0.29, 0.717) is 6.54 Å². The molecule has 0 aliphatic carbocycles. The van der Waals surface area contributed by atoms with Crippen molar-refractivity contribution in [1.82, 2.24) is 15.5 Å². The number of nitrogens with zero attached hydrogens (tertiary/aromatic N) is 2. The third kappa shape index (κ3) is 6.82. The summed E-state index contributed by atoms with van der Waals surface area (Å²) >= 11 is 0. The van der Waals surface area contributed by atoms with E-state index in [9.17, 15) is 0 Å². The third-order valence-corrected chi connectivity index (χ3v) is 4.35. The van der Waals surface area contributed by atoms with Gasteiger partial charge in [-0.2, -0.15) is 0 Å². The van der Waals surface area contributed by atoms with Crippen LogP contribution in [0.2, 0.25) is 0 Å². The molecule has 1 fully saturated rings. The van der Waals surface area contributed by atoms with E-state index in [-0.39, 0.29) is 6.10 Å². The highest BCUT2D eigenvalue weighted by molar-refractivity contribution is 5.79. The number of methoxy groups -OCH3 is 1. The van der Waals surface area contributed by atoms with E-state index in [1.807, 2.05) is 31.2 Å². The smallest absolute Gasteiger partial charge is 0.191 e. The number of hydrogen-bond acceptors (Lipinski definition) is 4. The van der Waals surface area contributed by atoms with E-state index >= 15 is 0 Å². The fraction of sp³-hybridized carbons (Fsp3) is 0.632. The molecule has 6 heteroatoms. The van der Waals surface area contributed by atoms with Crippen LogP contribution in [0.25, 0.3) is 0 Å². The van der Waals surface area contributed by atoms with Crippen LogP contribution in [0, 0.1) is 0 Å². The molecule has 1 atom stereocenters. The first-order valence-electron chi connectivity index (χ1n) is 9.19. The maximum Gasteiger partial charge on any atom is 0.191 e. The van der Waals surface area contributed by atoms with Crippen LogP contribution in [0.4, 0.5) is 0 Å². The highest BCUT2D eigenvalue weighted by Gasteiger charge is 2.11. The second-order valence-corrected chi connectivity index (χ2v) is 6.36. The molecular weight excluding hydrogens is 316 g/mol. The first-order valence-corrected chi connectivity index (χ1v) is 9.19. The van der Waals surface area contributed by atoms with Crippen LogP contribution in [0.3, 0.4) is 0 Å². The number of likely N-dealkylation sites (tertiary alicyclic amines) is 1. The Bertz CT molecular complexity index is 530. The minimum atomic E-state index is -0.00283. The molecule has 140 valence electrons. The van der Waals surface area contributed by atoms with Crippen molar-refractivity contribution in [3.05, 3.63) is 24.3 Å². The van der Waals surface area contributed by atoms with Gasteiger partial charge in [-0.05, 0) is 45.0 Å². The van der Waals surface area contributed by atoms with E-state index in [0.717, 1.165) is 30.5 Å². The van der Waals surface area contributed by atoms with Crippen LogP contribution in [0.15, 0.2) is 29.3 Å². The predicted molar refractivity (Wildman–Crippen MR) is 103 cm³/mol. The Morgan fingerprint density at radius 3 is 2.56 bits per heavy atom. The molecule has 0 amide bonds. The zero-order chi connectivity index (χ0) is 17.9. The minimum absolute atomic E-state index is 0.00283. The largest absolute Gasteiger partial charge is 0.493 e. The van der Waals surface area contributed by atoms with Gasteiger partial charge in [0.05, 0.1) is 13.7 Å². The molecule has 1 aliphatic rings. The highest BCUT2D eigenvalue weighted by atomic mass is 16.5. The average molecular weight is 348 g/mol. The van der Waals surface area contributed by atoms with Crippen molar-refractivity contribution < 1.29 is 9.47 Å². The van der Waals surface area contributed by atoms with Gasteiger partial charge in [0.25, 0.3) is 0 Å². The number of rotatable bonds is 8. The third-order valence-electron chi connectivity index (χ3n) is 4.35. The van der Waals surface area contributed by atoms with Crippen molar-refractivity contribution in [2.24, 2.45) is 4.99 Å². The minimum Gasteiger partial charge on any atom is -0.493 e. The van der Waals surface area contributed by atoms with Gasteiger partial charge in [-0.3, -0.25) is 4.99 Å². The molecule has 0 bridgehead atoms. The Kier molecular flexibility index (Phi) is 8.39. The van der Waals surface area contributed by atoms with Crippen molar-refractivity contribution in [2.75, 3.05) is 46.9 Å². The maximum atomic E-state index is 5.95. The van der Waals surface area contributed by atoms with Crippen molar-refractivity contribution in [3.8, 4) is 11.5 Å². The number of guanidine groups is 1. The molecule has 0 radical (unpaired) electrons. The van der Waals surface area contributed by atoms with E-state index < -0.39 is 0 Å². The van der Waals surface area contributed by atoms with E-state index in [2.05, 4.69) is 20.5 Å². The Balaban J connectivity index is 1.68. The summed E-state index contributed by atoms with van der Waals surface area (Å²) in [5.74, 6) is 2.32. The van der Waals surface area contributed by atoms with Gasteiger partial charge < -0.3 is 25.0 Å². The molecule has 25 heavy (non-hydrogen) atoms. The highest BCUT2D eigenvalue weighted by Crippen LogP contribution is 2.26. The summed E-state index contributed by atoms with van der Waals surface area (Å²) in [6.45, 7) is 7.10. The van der Waals surface area contributed by atoms with Crippen LogP contribution >= 0.6 is 0 Å². The first-order chi connectivity index (χ1) is 12.2. The molecular formula is C19H32N4O2. The van der Waals surface area contributed by atoms with Crippen molar-refractivity contribution in [3.63, 3.8) is 0 Å². The van der Waals surface area contributed by atoms with Gasteiger partial charge in [-0.25, -0.2) is 0 Å². The summed E-state index contributed by atoms with van der Waals surface area (Å²) < 4.78 is 11.3. The average Bonchev–Trinajstić information content (AvgIpc) is 2.65. The fourth-order valence-electron chi connectivity index (χ4n) is 2.95. The molecule has 6 nitrogen and oxygen atoms in total. The number of aliphatic imine (C=N–C) groups is 1. The summed E-state index contributed by atoms with van der Waals surface area (Å²) in [5, 5.41) is 6.69. The summed E-state index contributed by atoms with van der Waals surface area (Å²) in [7, 11) is 3.45. The van der Waals surface area contributed by atoms with Gasteiger partial charge in [-0.15, -0.1) is 0 Å². The van der Waals surface area contributed by atoms with Gasteiger partial charge in [0.2, 0.25) is 0 Å². The Labute approximate surface area is 151 Å². The molecule has 1 heterocycles. The molecule has 2 rings (SSSR count). The Morgan fingerprint density at radius 1 is 1.16 bits per heavy atom. The van der Waals surface area contributed by atoms with Crippen molar-refractivity contribution in [1.29, 1.82) is 0 Å². The lowest BCUT2D eigenvalue weighted by molar-refractivity contribution is 0.213. The number of para-hydroxylation sites is 2. The van der Waals surface area contributed by atoms with Crippen LogP contribution in [-0.4, -0.2) is 63.8 Å². The molecule has 1 unspecified atom stereocenters. The lowest BCUT2D eigenvalue weighted by Crippen LogP contribution is -2.45. The molecule has 0 saturated carbocycles. The van der Waals surface area contributed by atoms with Gasteiger partial charge in [0, 0.05) is 20.1 Å². The van der Waals surface area contributed by atoms with Crippen LogP contribution in [0.5, 0.6) is 11.5 Å². The zero-order valence-corrected chi connectivity index (χ0v) is 15.8. The topological polar surface area (TPSA) is 58.1 Å². The molecule has 1 aliphatic heterocycles. The van der Waals surface area contributed by atoms with Gasteiger partial charge >= 0.3 is 0 Å². The lowest BCUT2D eigenvalue weighted by Gasteiger charge is -2.26. The Morgan fingerprint density at radius 2 is 1.88 bits per heavy atom. The normalized spacial score (nSPS) is 17.0. The summed E-state index contributed by atoms with van der Waals surface area (Å²) in [5.41, 5.74) is 0. The second kappa shape index (κ2) is 10.8. The van der Waals surface area contributed by atoms with Crippen LogP contribution in [-0.2, 0) is 0 Å². The summed E-state index contributed by atoms with van der Waals surface area (Å²) in [4.78, 5) is 6.79. The van der Waals surface area contributed by atoms with Gasteiger partial charge in [-0.1, -0.05) is 18.6 Å². The number of benzene rings is 1. The number of hydrogen-bond donors (Lipinski definition) is 2. The quantitative estimate of drug-likeness (QED) is 0.557. The summed E-state index contributed by atoms with van der Waals surface area (Å²) in [6.07, 6.45) is 4.02. The second-order valence-electron chi connectivity index (χ2n) is 6.36.